The molecular weight excluding hydrogens is 430 g/mol. The van der Waals surface area contributed by atoms with Gasteiger partial charge >= 0.3 is 0 Å². The van der Waals surface area contributed by atoms with Gasteiger partial charge in [0.05, 0.1) is 22.0 Å². The van der Waals surface area contributed by atoms with E-state index in [9.17, 15) is 5.11 Å². The van der Waals surface area contributed by atoms with Gasteiger partial charge in [-0.25, -0.2) is 4.98 Å². The van der Waals surface area contributed by atoms with Crippen LogP contribution in [0.25, 0.3) is 10.2 Å². The highest BCUT2D eigenvalue weighted by atomic mass is 32.1. The fourth-order valence-corrected chi connectivity index (χ4v) is 5.66. The molecular formula is C21H29N7OS2. The van der Waals surface area contributed by atoms with Gasteiger partial charge in [0.15, 0.2) is 0 Å². The number of likely N-dealkylation sites (N-methyl/N-ethyl adjacent to an activating group) is 1. The SMILES string of the molecule is CN1CCN(Cc2cc(Nc3nc(NC4CCC(O)CC4)c4sccc4n3)sn2)CC1. The highest BCUT2D eigenvalue weighted by molar-refractivity contribution is 7.17. The second-order valence-corrected chi connectivity index (χ2v) is 10.3. The van der Waals surface area contributed by atoms with Gasteiger partial charge in [0.1, 0.15) is 10.8 Å². The summed E-state index contributed by atoms with van der Waals surface area (Å²) in [6.07, 6.45) is 3.46. The Bertz CT molecular complexity index is 1010. The van der Waals surface area contributed by atoms with Crippen molar-refractivity contribution in [3.8, 4) is 0 Å². The third-order valence-corrected chi connectivity index (χ3v) is 7.77. The number of aliphatic hydroxyl groups excluding tert-OH is 1. The van der Waals surface area contributed by atoms with Crippen molar-refractivity contribution in [2.24, 2.45) is 0 Å². The van der Waals surface area contributed by atoms with E-state index in [1.165, 1.54) is 11.5 Å². The maximum Gasteiger partial charge on any atom is 0.230 e. The number of anilines is 3. The minimum absolute atomic E-state index is 0.159. The van der Waals surface area contributed by atoms with E-state index in [4.69, 9.17) is 9.97 Å². The summed E-state index contributed by atoms with van der Waals surface area (Å²) in [5.41, 5.74) is 2.04. The number of nitrogens with one attached hydrogen (secondary N) is 2. The molecule has 0 spiro atoms. The number of rotatable bonds is 6. The largest absolute Gasteiger partial charge is 0.393 e. The molecule has 3 aromatic heterocycles. The van der Waals surface area contributed by atoms with Gasteiger partial charge in [-0.2, -0.15) is 9.36 Å². The minimum Gasteiger partial charge on any atom is -0.393 e. The van der Waals surface area contributed by atoms with Crippen molar-refractivity contribution >= 4 is 49.9 Å². The van der Waals surface area contributed by atoms with Crippen molar-refractivity contribution in [1.29, 1.82) is 0 Å². The van der Waals surface area contributed by atoms with Gasteiger partial charge in [-0.05, 0) is 61.8 Å². The molecule has 31 heavy (non-hydrogen) atoms. The predicted molar refractivity (Wildman–Crippen MR) is 127 cm³/mol. The van der Waals surface area contributed by atoms with Crippen LogP contribution in [0.3, 0.4) is 0 Å². The van der Waals surface area contributed by atoms with Gasteiger partial charge in [-0.3, -0.25) is 4.90 Å². The summed E-state index contributed by atoms with van der Waals surface area (Å²) in [6, 6.07) is 4.49. The van der Waals surface area contributed by atoms with Crippen molar-refractivity contribution in [3.63, 3.8) is 0 Å². The van der Waals surface area contributed by atoms with Crippen LogP contribution in [0.4, 0.5) is 16.8 Å². The molecule has 166 valence electrons. The van der Waals surface area contributed by atoms with Crippen molar-refractivity contribution in [3.05, 3.63) is 23.2 Å². The van der Waals surface area contributed by atoms with E-state index in [1.54, 1.807) is 11.3 Å². The van der Waals surface area contributed by atoms with E-state index in [-0.39, 0.29) is 6.10 Å². The molecule has 0 amide bonds. The average molecular weight is 460 g/mol. The maximum absolute atomic E-state index is 9.79. The summed E-state index contributed by atoms with van der Waals surface area (Å²) >= 11 is 3.12. The molecule has 0 radical (unpaired) electrons. The Morgan fingerprint density at radius 2 is 1.94 bits per heavy atom. The Kier molecular flexibility index (Phi) is 6.33. The Labute approximate surface area is 190 Å². The van der Waals surface area contributed by atoms with Gasteiger partial charge in [0.25, 0.3) is 0 Å². The topological polar surface area (TPSA) is 89.4 Å². The molecule has 10 heteroatoms. The van der Waals surface area contributed by atoms with E-state index in [1.807, 2.05) is 6.07 Å². The normalized spacial score (nSPS) is 23.3. The van der Waals surface area contributed by atoms with Crippen LogP contribution in [0, 0.1) is 0 Å². The van der Waals surface area contributed by atoms with Crippen LogP contribution < -0.4 is 10.6 Å². The Morgan fingerprint density at radius 3 is 2.74 bits per heavy atom. The number of fused-ring (bicyclic) bond motifs is 1. The first-order chi connectivity index (χ1) is 15.1. The van der Waals surface area contributed by atoms with Gasteiger partial charge < -0.3 is 20.6 Å². The zero-order valence-corrected chi connectivity index (χ0v) is 19.4. The van der Waals surface area contributed by atoms with Crippen molar-refractivity contribution in [2.45, 2.75) is 44.4 Å². The Morgan fingerprint density at radius 1 is 1.13 bits per heavy atom. The standard InChI is InChI=1S/C21H29N7OS2/c1-27-7-9-28(10-8-27)13-15-12-18(31-26-15)24-21-23-17-6-11-30-19(17)20(25-21)22-14-2-4-16(29)5-3-14/h6,11-12,14,16,29H,2-5,7-10,13H2,1H3,(H2,22,23,24,25). The predicted octanol–water partition coefficient (Wildman–Crippen LogP) is 3.35. The van der Waals surface area contributed by atoms with Crippen LogP contribution in [-0.2, 0) is 6.54 Å². The highest BCUT2D eigenvalue weighted by Crippen LogP contribution is 2.31. The second kappa shape index (κ2) is 9.33. The second-order valence-electron chi connectivity index (χ2n) is 8.57. The van der Waals surface area contributed by atoms with Gasteiger partial charge in [-0.15, -0.1) is 11.3 Å². The molecule has 2 aliphatic rings. The summed E-state index contributed by atoms with van der Waals surface area (Å²) in [5, 5.41) is 19.8. The molecule has 1 saturated heterocycles. The van der Waals surface area contributed by atoms with E-state index in [2.05, 4.69) is 43.3 Å². The molecule has 1 aliphatic carbocycles. The fraction of sp³-hybridized carbons (Fsp3) is 0.571. The molecule has 4 heterocycles. The molecule has 5 rings (SSSR count). The molecule has 1 saturated carbocycles. The maximum atomic E-state index is 9.79. The zero-order valence-electron chi connectivity index (χ0n) is 17.8. The molecule has 3 aromatic rings. The minimum atomic E-state index is -0.159. The van der Waals surface area contributed by atoms with Crippen LogP contribution in [0.2, 0.25) is 0 Å². The first kappa shape index (κ1) is 21.0. The number of thiophene rings is 1. The van der Waals surface area contributed by atoms with Crippen molar-refractivity contribution < 1.29 is 5.11 Å². The summed E-state index contributed by atoms with van der Waals surface area (Å²) < 4.78 is 5.71. The summed E-state index contributed by atoms with van der Waals surface area (Å²) in [5.74, 6) is 1.48. The molecule has 0 atom stereocenters. The number of piperazine rings is 1. The molecule has 3 N–H and O–H groups in total. The highest BCUT2D eigenvalue weighted by Gasteiger charge is 2.21. The third-order valence-electron chi connectivity index (χ3n) is 6.12. The van der Waals surface area contributed by atoms with Gasteiger partial charge in [-0.1, -0.05) is 0 Å². The number of aromatic nitrogens is 3. The lowest BCUT2D eigenvalue weighted by Crippen LogP contribution is -2.43. The van der Waals surface area contributed by atoms with Crippen molar-refractivity contribution in [2.75, 3.05) is 43.9 Å². The smallest absolute Gasteiger partial charge is 0.230 e. The van der Waals surface area contributed by atoms with Crippen LogP contribution >= 0.6 is 22.9 Å². The van der Waals surface area contributed by atoms with Crippen LogP contribution in [-0.4, -0.2) is 74.6 Å². The summed E-state index contributed by atoms with van der Waals surface area (Å²) in [6.45, 7) is 5.28. The summed E-state index contributed by atoms with van der Waals surface area (Å²) in [4.78, 5) is 14.3. The number of hydrogen-bond acceptors (Lipinski definition) is 10. The third kappa shape index (κ3) is 5.15. The van der Waals surface area contributed by atoms with E-state index < -0.39 is 0 Å². The van der Waals surface area contributed by atoms with Gasteiger partial charge in [0.2, 0.25) is 5.95 Å². The lowest BCUT2D eigenvalue weighted by Gasteiger charge is -2.31. The molecule has 0 aromatic carbocycles. The van der Waals surface area contributed by atoms with Crippen LogP contribution in [0.5, 0.6) is 0 Å². The summed E-state index contributed by atoms with van der Waals surface area (Å²) in [7, 11) is 2.17. The molecule has 0 bridgehead atoms. The fourth-order valence-electron chi connectivity index (χ4n) is 4.22. The van der Waals surface area contributed by atoms with E-state index >= 15 is 0 Å². The quantitative estimate of drug-likeness (QED) is 0.517. The number of nitrogens with zero attached hydrogens (tertiary/aromatic N) is 5. The zero-order chi connectivity index (χ0) is 21.2. The lowest BCUT2D eigenvalue weighted by molar-refractivity contribution is 0.126. The molecule has 8 nitrogen and oxygen atoms in total. The Hall–Kier alpha value is -1.85. The Balaban J connectivity index is 1.28. The van der Waals surface area contributed by atoms with Crippen molar-refractivity contribution in [1.82, 2.24) is 24.1 Å². The van der Waals surface area contributed by atoms with E-state index in [0.717, 1.165) is 85.1 Å². The first-order valence-corrected chi connectivity index (χ1v) is 12.6. The molecule has 2 fully saturated rings. The monoisotopic (exact) mass is 459 g/mol. The first-order valence-electron chi connectivity index (χ1n) is 11.0. The molecule has 0 unspecified atom stereocenters. The van der Waals surface area contributed by atoms with Crippen LogP contribution in [0.15, 0.2) is 17.5 Å². The van der Waals surface area contributed by atoms with Crippen LogP contribution in [0.1, 0.15) is 31.4 Å². The average Bonchev–Trinajstić information content (AvgIpc) is 3.41. The number of aliphatic hydroxyl groups is 1. The van der Waals surface area contributed by atoms with E-state index in [0.29, 0.717) is 12.0 Å². The lowest BCUT2D eigenvalue weighted by atomic mass is 9.93. The van der Waals surface area contributed by atoms with Gasteiger partial charge in [0, 0.05) is 38.8 Å². The molecule has 1 aliphatic heterocycles. The number of hydrogen-bond donors (Lipinski definition) is 3.